The van der Waals surface area contributed by atoms with Crippen LogP contribution in [0, 0.1) is 5.92 Å². The molecule has 0 saturated carbocycles. The molecule has 86 valence electrons. The van der Waals surface area contributed by atoms with Gasteiger partial charge in [-0.25, -0.2) is 0 Å². The maximum atomic E-state index is 10.9. The summed E-state index contributed by atoms with van der Waals surface area (Å²) in [6.45, 7) is 3.25. The van der Waals surface area contributed by atoms with Gasteiger partial charge in [0.2, 0.25) is 0 Å². The zero-order chi connectivity index (χ0) is 11.8. The maximum Gasteiger partial charge on any atom is 0.314 e. The summed E-state index contributed by atoms with van der Waals surface area (Å²) in [5, 5.41) is 8.68. The summed E-state index contributed by atoms with van der Waals surface area (Å²) in [6, 6.07) is 0. The van der Waals surface area contributed by atoms with Crippen LogP contribution in [0.4, 0.5) is 0 Å². The van der Waals surface area contributed by atoms with E-state index in [0.717, 1.165) is 0 Å². The predicted octanol–water partition coefficient (Wildman–Crippen LogP) is 1.01. The second-order valence-electron chi connectivity index (χ2n) is 3.20. The van der Waals surface area contributed by atoms with Crippen LogP contribution in [0.3, 0.4) is 0 Å². The number of aliphatic carboxylic acids is 1. The number of ether oxygens (including phenoxy) is 1. The first-order valence-electron chi connectivity index (χ1n) is 4.88. The van der Waals surface area contributed by atoms with E-state index in [4.69, 9.17) is 5.11 Å². The minimum absolute atomic E-state index is 0.158. The third-order valence-corrected chi connectivity index (χ3v) is 1.97. The van der Waals surface area contributed by atoms with E-state index in [-0.39, 0.29) is 24.6 Å². The average Bonchev–Trinajstić information content (AvgIpc) is 2.11. The minimum atomic E-state index is -1.13. The van der Waals surface area contributed by atoms with Crippen molar-refractivity contribution >= 4 is 17.7 Å². The summed E-state index contributed by atoms with van der Waals surface area (Å²) in [5.41, 5.74) is 0. The van der Waals surface area contributed by atoms with Crippen molar-refractivity contribution < 1.29 is 24.2 Å². The number of ketones is 1. The number of carbonyl (C=O) groups excluding carboxylic acids is 2. The third-order valence-electron chi connectivity index (χ3n) is 1.97. The Morgan fingerprint density at radius 3 is 2.33 bits per heavy atom. The molecule has 0 saturated heterocycles. The van der Waals surface area contributed by atoms with Crippen molar-refractivity contribution in [1.82, 2.24) is 0 Å². The van der Waals surface area contributed by atoms with Crippen LogP contribution in [-0.2, 0) is 19.1 Å². The molecule has 5 heteroatoms. The van der Waals surface area contributed by atoms with Gasteiger partial charge in [-0.1, -0.05) is 0 Å². The number of carbonyl (C=O) groups is 3. The monoisotopic (exact) mass is 216 g/mol. The van der Waals surface area contributed by atoms with Gasteiger partial charge in [-0.05, 0) is 26.7 Å². The molecule has 0 radical (unpaired) electrons. The first kappa shape index (κ1) is 13.6. The molecule has 0 aromatic carbocycles. The van der Waals surface area contributed by atoms with Crippen LogP contribution in [-0.4, -0.2) is 29.4 Å². The van der Waals surface area contributed by atoms with Crippen molar-refractivity contribution in [2.45, 2.75) is 33.1 Å². The summed E-state index contributed by atoms with van der Waals surface area (Å²) in [5.74, 6) is -2.87. The van der Waals surface area contributed by atoms with Crippen LogP contribution in [0.15, 0.2) is 0 Å². The third kappa shape index (κ3) is 5.83. The predicted molar refractivity (Wildman–Crippen MR) is 52.3 cm³/mol. The maximum absolute atomic E-state index is 10.9. The van der Waals surface area contributed by atoms with Crippen molar-refractivity contribution in [2.24, 2.45) is 5.92 Å². The van der Waals surface area contributed by atoms with Crippen LogP contribution in [0.1, 0.15) is 33.1 Å². The molecular formula is C10H16O5. The first-order valence-corrected chi connectivity index (χ1v) is 4.88. The highest BCUT2D eigenvalue weighted by Gasteiger charge is 2.22. The lowest BCUT2D eigenvalue weighted by atomic mass is 9.98. The van der Waals surface area contributed by atoms with Crippen molar-refractivity contribution in [2.75, 3.05) is 6.61 Å². The molecule has 0 aromatic heterocycles. The fraction of sp³-hybridized carbons (Fsp3) is 0.700. The van der Waals surface area contributed by atoms with Crippen molar-refractivity contribution in [3.63, 3.8) is 0 Å². The standard InChI is InChI=1S/C10H16O5/c1-3-15-9(12)6-4-5-8(7(2)11)10(13)14/h8H,3-6H2,1-2H3,(H,13,14). The largest absolute Gasteiger partial charge is 0.481 e. The van der Waals surface area contributed by atoms with Gasteiger partial charge in [0.15, 0.2) is 0 Å². The fourth-order valence-corrected chi connectivity index (χ4v) is 1.18. The summed E-state index contributed by atoms with van der Waals surface area (Å²) in [6.07, 6.45) is 0.698. The van der Waals surface area contributed by atoms with Crippen LogP contribution in [0.5, 0.6) is 0 Å². The molecule has 0 amide bonds. The number of carboxylic acid groups (broad SMARTS) is 1. The Morgan fingerprint density at radius 2 is 1.93 bits per heavy atom. The van der Waals surface area contributed by atoms with Gasteiger partial charge < -0.3 is 9.84 Å². The van der Waals surface area contributed by atoms with E-state index in [2.05, 4.69) is 4.74 Å². The van der Waals surface area contributed by atoms with Crippen molar-refractivity contribution in [3.8, 4) is 0 Å². The number of Topliss-reactive ketones (excluding diaryl/α,β-unsaturated/α-hetero) is 1. The number of esters is 1. The smallest absolute Gasteiger partial charge is 0.314 e. The van der Waals surface area contributed by atoms with Gasteiger partial charge >= 0.3 is 11.9 Å². The lowest BCUT2D eigenvalue weighted by molar-refractivity contribution is -0.147. The van der Waals surface area contributed by atoms with Gasteiger partial charge in [-0.15, -0.1) is 0 Å². The van der Waals surface area contributed by atoms with Crippen LogP contribution in [0.25, 0.3) is 0 Å². The van der Waals surface area contributed by atoms with Crippen molar-refractivity contribution in [1.29, 1.82) is 0 Å². The van der Waals surface area contributed by atoms with E-state index < -0.39 is 11.9 Å². The van der Waals surface area contributed by atoms with Gasteiger partial charge in [-0.2, -0.15) is 0 Å². The lowest BCUT2D eigenvalue weighted by Gasteiger charge is -2.07. The Morgan fingerprint density at radius 1 is 1.33 bits per heavy atom. The molecule has 0 aliphatic carbocycles. The van der Waals surface area contributed by atoms with E-state index in [9.17, 15) is 14.4 Å². The number of hydrogen-bond acceptors (Lipinski definition) is 4. The molecule has 1 atom stereocenters. The molecule has 5 nitrogen and oxygen atoms in total. The molecule has 1 N–H and O–H groups in total. The van der Waals surface area contributed by atoms with E-state index in [1.165, 1.54) is 6.92 Å². The first-order chi connectivity index (χ1) is 6.99. The van der Waals surface area contributed by atoms with Gasteiger partial charge in [0.05, 0.1) is 6.61 Å². The number of carboxylic acids is 1. The average molecular weight is 216 g/mol. The Bertz CT molecular complexity index is 232. The van der Waals surface area contributed by atoms with E-state index >= 15 is 0 Å². The molecule has 15 heavy (non-hydrogen) atoms. The minimum Gasteiger partial charge on any atom is -0.481 e. The lowest BCUT2D eigenvalue weighted by Crippen LogP contribution is -2.21. The Labute approximate surface area is 88.4 Å². The molecule has 0 rings (SSSR count). The van der Waals surface area contributed by atoms with Crippen LogP contribution >= 0.6 is 0 Å². The number of rotatable bonds is 7. The highest BCUT2D eigenvalue weighted by Crippen LogP contribution is 2.10. The van der Waals surface area contributed by atoms with E-state index in [1.807, 2.05) is 0 Å². The zero-order valence-corrected chi connectivity index (χ0v) is 8.99. The second-order valence-corrected chi connectivity index (χ2v) is 3.20. The molecule has 0 heterocycles. The van der Waals surface area contributed by atoms with Gasteiger partial charge in [0, 0.05) is 6.42 Å². The highest BCUT2D eigenvalue weighted by molar-refractivity contribution is 5.96. The molecule has 0 spiro atoms. The number of hydrogen-bond donors (Lipinski definition) is 1. The normalized spacial score (nSPS) is 11.9. The van der Waals surface area contributed by atoms with Crippen LogP contribution in [0.2, 0.25) is 0 Å². The topological polar surface area (TPSA) is 80.7 Å². The second kappa shape index (κ2) is 6.98. The molecule has 0 aliphatic rings. The van der Waals surface area contributed by atoms with Crippen LogP contribution < -0.4 is 0 Å². The van der Waals surface area contributed by atoms with E-state index in [0.29, 0.717) is 13.0 Å². The highest BCUT2D eigenvalue weighted by atomic mass is 16.5. The van der Waals surface area contributed by atoms with Gasteiger partial charge in [0.1, 0.15) is 11.7 Å². The Balaban J connectivity index is 3.87. The quantitative estimate of drug-likeness (QED) is 0.507. The molecule has 0 fully saturated rings. The SMILES string of the molecule is CCOC(=O)CCCC(C(C)=O)C(=O)O. The van der Waals surface area contributed by atoms with Gasteiger partial charge in [0.25, 0.3) is 0 Å². The fourth-order valence-electron chi connectivity index (χ4n) is 1.18. The molecule has 1 unspecified atom stereocenters. The Hall–Kier alpha value is -1.39. The molecular weight excluding hydrogens is 200 g/mol. The van der Waals surface area contributed by atoms with Crippen molar-refractivity contribution in [3.05, 3.63) is 0 Å². The summed E-state index contributed by atoms with van der Waals surface area (Å²) in [7, 11) is 0. The summed E-state index contributed by atoms with van der Waals surface area (Å²) >= 11 is 0. The molecule has 0 aromatic rings. The summed E-state index contributed by atoms with van der Waals surface area (Å²) < 4.78 is 4.67. The Kier molecular flexibility index (Phi) is 6.33. The summed E-state index contributed by atoms with van der Waals surface area (Å²) in [4.78, 5) is 32.4. The molecule has 0 aliphatic heterocycles. The van der Waals surface area contributed by atoms with Gasteiger partial charge in [-0.3, -0.25) is 14.4 Å². The zero-order valence-electron chi connectivity index (χ0n) is 8.99. The molecule has 0 bridgehead atoms. The van der Waals surface area contributed by atoms with E-state index in [1.54, 1.807) is 6.92 Å².